The van der Waals surface area contributed by atoms with Crippen molar-refractivity contribution in [3.63, 3.8) is 0 Å². The fraction of sp³-hybridized carbons (Fsp3) is 0.842. The molecule has 0 radical (unpaired) electrons. The summed E-state index contributed by atoms with van der Waals surface area (Å²) < 4.78 is 0. The molecule has 0 aromatic heterocycles. The van der Waals surface area contributed by atoms with Crippen molar-refractivity contribution in [3.8, 4) is 0 Å². The Labute approximate surface area is 167 Å². The summed E-state index contributed by atoms with van der Waals surface area (Å²) in [6.45, 7) is 8.43. The molecule has 1 aliphatic carbocycles. The van der Waals surface area contributed by atoms with Gasteiger partial charge in [-0.15, -0.1) is 0 Å². The van der Waals surface area contributed by atoms with Gasteiger partial charge in [0.05, 0.1) is 5.92 Å². The zero-order valence-corrected chi connectivity index (χ0v) is 17.8. The van der Waals surface area contributed by atoms with Crippen LogP contribution in [0.3, 0.4) is 0 Å². The van der Waals surface area contributed by atoms with E-state index in [9.17, 15) is 14.4 Å². The summed E-state index contributed by atoms with van der Waals surface area (Å²) in [5.41, 5.74) is 8.32. The lowest BCUT2D eigenvalue weighted by molar-refractivity contribution is -0.144. The highest BCUT2D eigenvalue weighted by Gasteiger charge is 2.30. The Morgan fingerprint density at radius 2 is 1.43 bits per heavy atom. The Bertz CT molecular complexity index is 483. The van der Waals surface area contributed by atoms with E-state index in [4.69, 9.17) is 26.8 Å². The maximum Gasteiger partial charge on any atom is 0.323 e. The molecule has 0 aromatic rings. The third-order valence-corrected chi connectivity index (χ3v) is 4.28. The lowest BCUT2D eigenvalue weighted by atomic mass is 9.93. The monoisotopic (exact) mass is 405 g/mol. The minimum atomic E-state index is -1.08. The van der Waals surface area contributed by atoms with Crippen molar-refractivity contribution in [1.29, 1.82) is 0 Å². The standard InChI is InChI=1S/C10H19NO2.C5H11NO2.C4H9NO2/c1-10(2,9(12)13)11-8-6-4-3-5-7-8;1-4(2-3-6)5(7)8;1-4(2,5)3(6)7/h8,11H,3-7H2,1-2H3,(H,12,13);4H,2-3,6H2,1H3,(H,7,8);5H2,1-2H3,(H,6,7). The molecular weight excluding hydrogens is 366 g/mol. The molecule has 0 heterocycles. The van der Waals surface area contributed by atoms with Crippen molar-refractivity contribution in [2.45, 2.75) is 90.3 Å². The van der Waals surface area contributed by atoms with Gasteiger partial charge in [-0.3, -0.25) is 19.7 Å². The van der Waals surface area contributed by atoms with E-state index >= 15 is 0 Å². The van der Waals surface area contributed by atoms with E-state index in [-0.39, 0.29) is 5.92 Å². The van der Waals surface area contributed by atoms with Crippen LogP contribution in [0.25, 0.3) is 0 Å². The first kappa shape index (κ1) is 28.5. The zero-order chi connectivity index (χ0) is 22.5. The van der Waals surface area contributed by atoms with Crippen LogP contribution >= 0.6 is 0 Å². The molecule has 1 rings (SSSR count). The maximum absolute atomic E-state index is 10.8. The first-order chi connectivity index (χ1) is 12.6. The van der Waals surface area contributed by atoms with E-state index in [1.54, 1.807) is 20.8 Å². The van der Waals surface area contributed by atoms with Gasteiger partial charge in [-0.05, 0) is 53.5 Å². The second-order valence-electron chi connectivity index (χ2n) is 8.25. The number of hydrogen-bond donors (Lipinski definition) is 6. The zero-order valence-electron chi connectivity index (χ0n) is 17.8. The smallest absolute Gasteiger partial charge is 0.323 e. The highest BCUT2D eigenvalue weighted by atomic mass is 16.4. The Kier molecular flexibility index (Phi) is 13.7. The van der Waals surface area contributed by atoms with Crippen LogP contribution in [0.15, 0.2) is 0 Å². The van der Waals surface area contributed by atoms with Crippen molar-refractivity contribution in [2.24, 2.45) is 17.4 Å². The first-order valence-electron chi connectivity index (χ1n) is 9.61. The van der Waals surface area contributed by atoms with Crippen LogP contribution in [0, 0.1) is 5.92 Å². The summed E-state index contributed by atoms with van der Waals surface area (Å²) in [6, 6.07) is 0.403. The number of carboxylic acids is 3. The second-order valence-corrected chi connectivity index (χ2v) is 8.25. The molecular formula is C19H39N3O6. The molecule has 1 unspecified atom stereocenters. The van der Waals surface area contributed by atoms with Crippen molar-refractivity contribution in [1.82, 2.24) is 5.32 Å². The molecule has 1 aliphatic rings. The number of nitrogens with one attached hydrogen (secondary N) is 1. The van der Waals surface area contributed by atoms with Crippen LogP contribution in [0.1, 0.15) is 73.1 Å². The molecule has 0 aromatic carbocycles. The van der Waals surface area contributed by atoms with E-state index in [2.05, 4.69) is 5.32 Å². The summed E-state index contributed by atoms with van der Waals surface area (Å²) in [5.74, 6) is -2.80. The third kappa shape index (κ3) is 14.4. The topological polar surface area (TPSA) is 176 Å². The number of rotatable bonds is 7. The summed E-state index contributed by atoms with van der Waals surface area (Å²) in [6.07, 6.45) is 6.56. The molecule has 9 nitrogen and oxygen atoms in total. The predicted molar refractivity (Wildman–Crippen MR) is 108 cm³/mol. The van der Waals surface area contributed by atoms with Gasteiger partial charge in [-0.25, -0.2) is 0 Å². The van der Waals surface area contributed by atoms with Gasteiger partial charge in [0.2, 0.25) is 0 Å². The average molecular weight is 406 g/mol. The highest BCUT2D eigenvalue weighted by molar-refractivity contribution is 5.77. The lowest BCUT2D eigenvalue weighted by Gasteiger charge is -2.30. The predicted octanol–water partition coefficient (Wildman–Crippen LogP) is 1.64. The van der Waals surface area contributed by atoms with E-state index < -0.39 is 29.0 Å². The minimum absolute atomic E-state index is 0.292. The van der Waals surface area contributed by atoms with Gasteiger partial charge in [0.1, 0.15) is 11.1 Å². The molecule has 0 spiro atoms. The lowest BCUT2D eigenvalue weighted by Crippen LogP contribution is -2.52. The van der Waals surface area contributed by atoms with Gasteiger partial charge in [0, 0.05) is 6.04 Å². The largest absolute Gasteiger partial charge is 0.481 e. The summed E-state index contributed by atoms with van der Waals surface area (Å²) >= 11 is 0. The quantitative estimate of drug-likeness (QED) is 0.367. The fourth-order valence-corrected chi connectivity index (χ4v) is 2.19. The molecule has 1 atom stereocenters. The molecule has 166 valence electrons. The molecule has 1 saturated carbocycles. The number of aliphatic carboxylic acids is 3. The Morgan fingerprint density at radius 1 is 1.00 bits per heavy atom. The molecule has 0 aliphatic heterocycles. The van der Waals surface area contributed by atoms with Crippen molar-refractivity contribution in [3.05, 3.63) is 0 Å². The van der Waals surface area contributed by atoms with Gasteiger partial charge in [-0.1, -0.05) is 26.2 Å². The van der Waals surface area contributed by atoms with E-state index in [1.165, 1.54) is 33.1 Å². The van der Waals surface area contributed by atoms with Gasteiger partial charge in [-0.2, -0.15) is 0 Å². The normalized spacial score (nSPS) is 16.0. The Balaban J connectivity index is 0. The summed E-state index contributed by atoms with van der Waals surface area (Å²) in [4.78, 5) is 30.8. The summed E-state index contributed by atoms with van der Waals surface area (Å²) in [7, 11) is 0. The minimum Gasteiger partial charge on any atom is -0.481 e. The second kappa shape index (κ2) is 13.5. The maximum atomic E-state index is 10.8. The SMILES string of the molecule is CC(C)(N)C(=O)O.CC(C)(NC1CCCCC1)C(=O)O.CC(CCN)C(=O)O. The molecule has 1 fully saturated rings. The molecule has 0 amide bonds. The molecule has 0 bridgehead atoms. The molecule has 0 saturated heterocycles. The van der Waals surface area contributed by atoms with E-state index in [0.717, 1.165) is 12.8 Å². The van der Waals surface area contributed by atoms with E-state index in [1.807, 2.05) is 0 Å². The summed E-state index contributed by atoms with van der Waals surface area (Å²) in [5, 5.41) is 28.5. The molecule has 8 N–H and O–H groups in total. The fourth-order valence-electron chi connectivity index (χ4n) is 2.19. The number of carbonyl (C=O) groups is 3. The average Bonchev–Trinajstić information content (AvgIpc) is 2.55. The van der Waals surface area contributed by atoms with Crippen LogP contribution in [0.5, 0.6) is 0 Å². The highest BCUT2D eigenvalue weighted by Crippen LogP contribution is 2.19. The Hall–Kier alpha value is -1.71. The number of carboxylic acid groups (broad SMARTS) is 3. The molecule has 9 heteroatoms. The van der Waals surface area contributed by atoms with Gasteiger partial charge in [0.25, 0.3) is 0 Å². The van der Waals surface area contributed by atoms with Gasteiger partial charge >= 0.3 is 17.9 Å². The van der Waals surface area contributed by atoms with Crippen molar-refractivity contribution in [2.75, 3.05) is 6.54 Å². The van der Waals surface area contributed by atoms with Crippen LogP contribution in [0.2, 0.25) is 0 Å². The van der Waals surface area contributed by atoms with Gasteiger partial charge < -0.3 is 26.8 Å². The van der Waals surface area contributed by atoms with Gasteiger partial charge in [0.15, 0.2) is 0 Å². The number of nitrogens with two attached hydrogens (primary N) is 2. The number of hydrogen-bond acceptors (Lipinski definition) is 6. The third-order valence-electron chi connectivity index (χ3n) is 4.28. The van der Waals surface area contributed by atoms with Crippen molar-refractivity contribution >= 4 is 17.9 Å². The molecule has 28 heavy (non-hydrogen) atoms. The first-order valence-corrected chi connectivity index (χ1v) is 9.61. The van der Waals surface area contributed by atoms with Crippen LogP contribution in [0.4, 0.5) is 0 Å². The Morgan fingerprint density at radius 3 is 1.68 bits per heavy atom. The van der Waals surface area contributed by atoms with Crippen LogP contribution in [-0.2, 0) is 14.4 Å². The van der Waals surface area contributed by atoms with Crippen LogP contribution < -0.4 is 16.8 Å². The van der Waals surface area contributed by atoms with Crippen molar-refractivity contribution < 1.29 is 29.7 Å². The van der Waals surface area contributed by atoms with E-state index in [0.29, 0.717) is 19.0 Å². The van der Waals surface area contributed by atoms with Crippen LogP contribution in [-0.4, -0.2) is 56.9 Å².